The Labute approximate surface area is 135 Å². The number of nitrogens with zero attached hydrogens (tertiary/aromatic N) is 3. The predicted octanol–water partition coefficient (Wildman–Crippen LogP) is 3.69. The molecule has 1 aliphatic heterocycles. The molecular formula is C19H16N4. The van der Waals surface area contributed by atoms with Crippen molar-refractivity contribution in [1.29, 1.82) is 5.26 Å². The minimum Gasteiger partial charge on any atom is -0.369 e. The van der Waals surface area contributed by atoms with Crippen molar-refractivity contribution in [3.63, 3.8) is 0 Å². The molecule has 3 aromatic rings. The van der Waals surface area contributed by atoms with E-state index in [0.717, 1.165) is 35.7 Å². The van der Waals surface area contributed by atoms with Crippen LogP contribution >= 0.6 is 0 Å². The molecule has 0 fully saturated rings. The highest BCUT2D eigenvalue weighted by Crippen LogP contribution is 2.35. The molecule has 0 unspecified atom stereocenters. The van der Waals surface area contributed by atoms with Crippen LogP contribution in [0.5, 0.6) is 0 Å². The summed E-state index contributed by atoms with van der Waals surface area (Å²) in [5, 5.41) is 17.6. The second-order valence-electron chi connectivity index (χ2n) is 5.76. The van der Waals surface area contributed by atoms with E-state index in [1.165, 1.54) is 11.1 Å². The molecule has 0 spiro atoms. The molecule has 112 valence electrons. The van der Waals surface area contributed by atoms with Crippen LogP contribution in [0.1, 0.15) is 16.7 Å². The summed E-state index contributed by atoms with van der Waals surface area (Å²) in [6.45, 7) is 2.98. The first-order chi connectivity index (χ1) is 11.3. The van der Waals surface area contributed by atoms with E-state index < -0.39 is 0 Å². The van der Waals surface area contributed by atoms with Gasteiger partial charge < -0.3 is 5.32 Å². The van der Waals surface area contributed by atoms with Crippen LogP contribution in [0.15, 0.2) is 48.5 Å². The van der Waals surface area contributed by atoms with Gasteiger partial charge in [-0.15, -0.1) is 0 Å². The second-order valence-corrected chi connectivity index (χ2v) is 5.76. The monoisotopic (exact) mass is 300 g/mol. The number of hydrogen-bond acceptors (Lipinski definition) is 3. The van der Waals surface area contributed by atoms with Crippen LogP contribution in [0.25, 0.3) is 16.9 Å². The van der Waals surface area contributed by atoms with Gasteiger partial charge in [-0.1, -0.05) is 42.0 Å². The fraction of sp³-hybridized carbons (Fsp3) is 0.158. The van der Waals surface area contributed by atoms with Gasteiger partial charge in [0.25, 0.3) is 0 Å². The van der Waals surface area contributed by atoms with Gasteiger partial charge in [0, 0.05) is 17.7 Å². The lowest BCUT2D eigenvalue weighted by atomic mass is 10.1. The predicted molar refractivity (Wildman–Crippen MR) is 90.6 cm³/mol. The van der Waals surface area contributed by atoms with Gasteiger partial charge in [0.15, 0.2) is 0 Å². The number of fused-ring (bicyclic) bond motifs is 1. The van der Waals surface area contributed by atoms with Crippen molar-refractivity contribution < 1.29 is 0 Å². The number of nitriles is 1. The number of para-hydroxylation sites is 1. The standard InChI is InChI=1S/C19H16N4/c1-13-6-8-14(9-7-13)18-16-10-11-21-19(16)23(22-18)17-5-3-2-4-15(17)12-20/h2-9,21H,10-11H2,1H3. The summed E-state index contributed by atoms with van der Waals surface area (Å²) in [6.07, 6.45) is 0.952. The molecule has 2 aromatic carbocycles. The van der Waals surface area contributed by atoms with Crippen molar-refractivity contribution in [2.24, 2.45) is 0 Å². The molecule has 1 aliphatic rings. The summed E-state index contributed by atoms with van der Waals surface area (Å²) >= 11 is 0. The minimum atomic E-state index is 0.627. The summed E-state index contributed by atoms with van der Waals surface area (Å²) in [5.74, 6) is 1.00. The third kappa shape index (κ3) is 2.18. The number of anilines is 1. The zero-order valence-electron chi connectivity index (χ0n) is 12.9. The third-order valence-corrected chi connectivity index (χ3v) is 4.23. The van der Waals surface area contributed by atoms with Crippen molar-refractivity contribution in [2.75, 3.05) is 11.9 Å². The Kier molecular flexibility index (Phi) is 3.13. The van der Waals surface area contributed by atoms with Crippen LogP contribution in [0.4, 0.5) is 5.82 Å². The molecule has 4 heteroatoms. The molecule has 1 N–H and O–H groups in total. The average Bonchev–Trinajstić information content (AvgIpc) is 3.18. The molecule has 0 amide bonds. The van der Waals surface area contributed by atoms with Crippen molar-refractivity contribution in [2.45, 2.75) is 13.3 Å². The first-order valence-electron chi connectivity index (χ1n) is 7.70. The zero-order valence-corrected chi connectivity index (χ0v) is 12.9. The third-order valence-electron chi connectivity index (χ3n) is 4.23. The number of hydrogen-bond donors (Lipinski definition) is 1. The summed E-state index contributed by atoms with van der Waals surface area (Å²) in [7, 11) is 0. The summed E-state index contributed by atoms with van der Waals surface area (Å²) in [5.41, 5.74) is 6.02. The molecule has 0 aliphatic carbocycles. The molecule has 0 saturated carbocycles. The van der Waals surface area contributed by atoms with Gasteiger partial charge in [0.1, 0.15) is 11.9 Å². The van der Waals surface area contributed by atoms with Crippen LogP contribution in [-0.4, -0.2) is 16.3 Å². The lowest BCUT2D eigenvalue weighted by Gasteiger charge is -2.07. The smallest absolute Gasteiger partial charge is 0.133 e. The number of rotatable bonds is 2. The lowest BCUT2D eigenvalue weighted by Crippen LogP contribution is -2.05. The van der Waals surface area contributed by atoms with Gasteiger partial charge in [-0.05, 0) is 25.5 Å². The first kappa shape index (κ1) is 13.6. The molecule has 1 aromatic heterocycles. The van der Waals surface area contributed by atoms with Crippen molar-refractivity contribution in [1.82, 2.24) is 9.78 Å². The maximum atomic E-state index is 9.37. The first-order valence-corrected chi connectivity index (χ1v) is 7.70. The maximum Gasteiger partial charge on any atom is 0.133 e. The quantitative estimate of drug-likeness (QED) is 0.785. The molecule has 4 nitrogen and oxygen atoms in total. The van der Waals surface area contributed by atoms with Crippen LogP contribution in [0.3, 0.4) is 0 Å². The van der Waals surface area contributed by atoms with Crippen LogP contribution in [-0.2, 0) is 6.42 Å². The van der Waals surface area contributed by atoms with E-state index in [0.29, 0.717) is 5.56 Å². The zero-order chi connectivity index (χ0) is 15.8. The van der Waals surface area contributed by atoms with E-state index in [9.17, 15) is 5.26 Å². The highest BCUT2D eigenvalue weighted by Gasteiger charge is 2.24. The SMILES string of the molecule is Cc1ccc(-c2nn(-c3ccccc3C#N)c3c2CCN3)cc1. The van der Waals surface area contributed by atoms with E-state index in [1.54, 1.807) is 0 Å². The topological polar surface area (TPSA) is 53.6 Å². The van der Waals surface area contributed by atoms with E-state index >= 15 is 0 Å². The summed E-state index contributed by atoms with van der Waals surface area (Å²) < 4.78 is 1.87. The molecule has 2 heterocycles. The Morgan fingerprint density at radius 3 is 2.70 bits per heavy atom. The largest absolute Gasteiger partial charge is 0.369 e. The minimum absolute atomic E-state index is 0.627. The molecule has 23 heavy (non-hydrogen) atoms. The van der Waals surface area contributed by atoms with Crippen molar-refractivity contribution >= 4 is 5.82 Å². The highest BCUT2D eigenvalue weighted by atomic mass is 15.3. The van der Waals surface area contributed by atoms with Crippen molar-refractivity contribution in [3.05, 3.63) is 65.2 Å². The fourth-order valence-electron chi connectivity index (χ4n) is 3.05. The van der Waals surface area contributed by atoms with Gasteiger partial charge in [0.05, 0.1) is 16.9 Å². The number of aryl methyl sites for hydroxylation is 1. The maximum absolute atomic E-state index is 9.37. The Morgan fingerprint density at radius 2 is 1.91 bits per heavy atom. The Bertz CT molecular complexity index is 914. The van der Waals surface area contributed by atoms with Gasteiger partial charge in [0.2, 0.25) is 0 Å². The van der Waals surface area contributed by atoms with Gasteiger partial charge in [-0.3, -0.25) is 0 Å². The van der Waals surface area contributed by atoms with Gasteiger partial charge >= 0.3 is 0 Å². The van der Waals surface area contributed by atoms with E-state index in [-0.39, 0.29) is 0 Å². The van der Waals surface area contributed by atoms with E-state index in [1.807, 2.05) is 28.9 Å². The van der Waals surface area contributed by atoms with E-state index in [4.69, 9.17) is 5.10 Å². The van der Waals surface area contributed by atoms with Gasteiger partial charge in [-0.25, -0.2) is 4.68 Å². The number of nitrogens with one attached hydrogen (secondary N) is 1. The molecule has 0 bridgehead atoms. The molecule has 0 atom stereocenters. The van der Waals surface area contributed by atoms with Gasteiger partial charge in [-0.2, -0.15) is 10.4 Å². The van der Waals surface area contributed by atoms with Crippen LogP contribution < -0.4 is 5.32 Å². The number of benzene rings is 2. The summed E-state index contributed by atoms with van der Waals surface area (Å²) in [4.78, 5) is 0. The second kappa shape index (κ2) is 5.29. The molecule has 0 radical (unpaired) electrons. The van der Waals surface area contributed by atoms with Crippen LogP contribution in [0.2, 0.25) is 0 Å². The van der Waals surface area contributed by atoms with Crippen molar-refractivity contribution in [3.8, 4) is 23.0 Å². The van der Waals surface area contributed by atoms with Crippen LogP contribution in [0, 0.1) is 18.3 Å². The number of aromatic nitrogens is 2. The summed E-state index contributed by atoms with van der Waals surface area (Å²) in [6, 6.07) is 18.2. The molecule has 0 saturated heterocycles. The lowest BCUT2D eigenvalue weighted by molar-refractivity contribution is 0.879. The average molecular weight is 300 g/mol. The normalized spacial score (nSPS) is 12.5. The fourth-order valence-corrected chi connectivity index (χ4v) is 3.05. The Morgan fingerprint density at radius 1 is 1.13 bits per heavy atom. The molecular weight excluding hydrogens is 284 g/mol. The Hall–Kier alpha value is -3.06. The Balaban J connectivity index is 1.92. The molecule has 4 rings (SSSR count). The highest BCUT2D eigenvalue weighted by molar-refractivity contribution is 5.73. The van der Waals surface area contributed by atoms with E-state index in [2.05, 4.69) is 42.6 Å².